The van der Waals surface area contributed by atoms with Crippen molar-refractivity contribution in [2.24, 2.45) is 5.41 Å². The molecule has 0 saturated carbocycles. The summed E-state index contributed by atoms with van der Waals surface area (Å²) in [6.07, 6.45) is 3.74. The van der Waals surface area contributed by atoms with E-state index in [4.69, 9.17) is 14.2 Å². The molecule has 2 aliphatic rings. The fourth-order valence-electron chi connectivity index (χ4n) is 7.62. The zero-order valence-corrected chi connectivity index (χ0v) is 26.3. The zero-order chi connectivity index (χ0) is 31.3. The number of rotatable bonds is 13. The van der Waals surface area contributed by atoms with Crippen molar-refractivity contribution in [1.29, 1.82) is 0 Å². The van der Waals surface area contributed by atoms with Crippen LogP contribution in [0.15, 0.2) is 97.1 Å². The second-order valence-corrected chi connectivity index (χ2v) is 12.4. The van der Waals surface area contributed by atoms with Gasteiger partial charge in [0.05, 0.1) is 26.4 Å². The van der Waals surface area contributed by atoms with Crippen LogP contribution in [-0.2, 0) is 42.1 Å². The molecule has 0 bridgehead atoms. The third-order valence-corrected chi connectivity index (χ3v) is 9.52. The van der Waals surface area contributed by atoms with Crippen molar-refractivity contribution < 1.29 is 23.8 Å². The van der Waals surface area contributed by atoms with E-state index in [-0.39, 0.29) is 22.8 Å². The summed E-state index contributed by atoms with van der Waals surface area (Å²) in [5, 5.41) is 0. The molecule has 6 rings (SSSR count). The first kappa shape index (κ1) is 30.8. The maximum atomic E-state index is 12.8. The summed E-state index contributed by atoms with van der Waals surface area (Å²) in [6, 6.07) is 34.4. The molecule has 232 valence electrons. The second-order valence-electron chi connectivity index (χ2n) is 12.4. The fraction of sp³-hybridized carbons (Fsp3) is 0.350. The number of esters is 2. The number of hydrogen-bond donors (Lipinski definition) is 0. The predicted molar refractivity (Wildman–Crippen MR) is 177 cm³/mol. The highest BCUT2D eigenvalue weighted by atomic mass is 16.5. The van der Waals surface area contributed by atoms with Crippen molar-refractivity contribution in [2.75, 3.05) is 26.4 Å². The molecular weight excluding hydrogens is 560 g/mol. The van der Waals surface area contributed by atoms with Crippen LogP contribution in [0.4, 0.5) is 0 Å². The van der Waals surface area contributed by atoms with Gasteiger partial charge in [-0.1, -0.05) is 97.1 Å². The van der Waals surface area contributed by atoms with Gasteiger partial charge in [-0.05, 0) is 84.0 Å². The van der Waals surface area contributed by atoms with E-state index in [0.717, 1.165) is 24.0 Å². The van der Waals surface area contributed by atoms with E-state index in [1.807, 2.05) is 19.9 Å². The Morgan fingerprint density at radius 1 is 0.644 bits per heavy atom. The average molecular weight is 603 g/mol. The number of fused-ring (bicyclic) bond motifs is 3. The Labute approximate surface area is 266 Å². The third kappa shape index (κ3) is 6.19. The van der Waals surface area contributed by atoms with E-state index in [2.05, 4.69) is 91.0 Å². The van der Waals surface area contributed by atoms with Crippen molar-refractivity contribution in [1.82, 2.24) is 0 Å². The summed E-state index contributed by atoms with van der Waals surface area (Å²) in [4.78, 5) is 25.0. The van der Waals surface area contributed by atoms with Crippen molar-refractivity contribution >= 4 is 11.9 Å². The van der Waals surface area contributed by atoms with E-state index >= 15 is 0 Å². The molecule has 0 unspecified atom stereocenters. The molecule has 0 amide bonds. The Hall–Kier alpha value is -4.22. The van der Waals surface area contributed by atoms with E-state index in [1.54, 1.807) is 0 Å². The van der Waals surface area contributed by atoms with Crippen LogP contribution in [0.25, 0.3) is 22.3 Å². The van der Waals surface area contributed by atoms with E-state index in [0.29, 0.717) is 52.1 Å². The van der Waals surface area contributed by atoms with Gasteiger partial charge in [0.15, 0.2) is 0 Å². The van der Waals surface area contributed by atoms with Crippen LogP contribution in [0.2, 0.25) is 0 Å². The quantitative estimate of drug-likeness (QED) is 0.145. The molecule has 1 saturated heterocycles. The summed E-state index contributed by atoms with van der Waals surface area (Å²) >= 11 is 0. The van der Waals surface area contributed by atoms with Crippen molar-refractivity contribution in [2.45, 2.75) is 57.8 Å². The highest BCUT2D eigenvalue weighted by molar-refractivity contribution is 5.82. The van der Waals surface area contributed by atoms with Crippen molar-refractivity contribution in [3.63, 3.8) is 0 Å². The normalized spacial score (nSPS) is 15.4. The summed E-state index contributed by atoms with van der Waals surface area (Å²) in [6.45, 7) is 5.81. The molecule has 0 atom stereocenters. The first-order chi connectivity index (χ1) is 22.0. The third-order valence-electron chi connectivity index (χ3n) is 9.52. The minimum atomic E-state index is -0.337. The highest BCUT2D eigenvalue weighted by Crippen LogP contribution is 2.57. The number of aryl methyl sites for hydroxylation is 1. The Morgan fingerprint density at radius 3 is 1.69 bits per heavy atom. The van der Waals surface area contributed by atoms with Crippen LogP contribution in [0.1, 0.15) is 61.8 Å². The van der Waals surface area contributed by atoms with Crippen LogP contribution in [-0.4, -0.2) is 38.4 Å². The molecule has 45 heavy (non-hydrogen) atoms. The lowest BCUT2D eigenvalue weighted by Crippen LogP contribution is -2.49. The number of carbonyl (C=O) groups excluding carboxylic acids is 2. The zero-order valence-electron chi connectivity index (χ0n) is 26.3. The largest absolute Gasteiger partial charge is 0.466 e. The Kier molecular flexibility index (Phi) is 9.18. The molecule has 5 nitrogen and oxygen atoms in total. The molecule has 0 N–H and O–H groups in total. The van der Waals surface area contributed by atoms with Crippen LogP contribution >= 0.6 is 0 Å². The standard InChI is InChI=1S/C40H42O5/c1-3-44-37(41)22-21-29-13-5-7-15-31(29)32-16-8-6-14-30(32)25-39(27-43-28-39)26-40(24-23-38(42)45-4-2)35-19-11-9-17-33(35)34-18-10-12-20-36(34)40/h5-20H,3-4,21-28H2,1-2H3. The van der Waals surface area contributed by atoms with E-state index in [1.165, 1.54) is 33.4 Å². The average Bonchev–Trinajstić information content (AvgIpc) is 3.32. The van der Waals surface area contributed by atoms with Gasteiger partial charge in [0.1, 0.15) is 0 Å². The molecule has 0 radical (unpaired) electrons. The minimum Gasteiger partial charge on any atom is -0.466 e. The van der Waals surface area contributed by atoms with Crippen molar-refractivity contribution in [3.8, 4) is 22.3 Å². The van der Waals surface area contributed by atoms with Gasteiger partial charge in [-0.2, -0.15) is 0 Å². The number of carbonyl (C=O) groups is 2. The molecular formula is C40H42O5. The van der Waals surface area contributed by atoms with Gasteiger partial charge in [-0.3, -0.25) is 9.59 Å². The lowest BCUT2D eigenvalue weighted by atomic mass is 9.61. The second kappa shape index (κ2) is 13.4. The van der Waals surface area contributed by atoms with Gasteiger partial charge in [-0.15, -0.1) is 0 Å². The topological polar surface area (TPSA) is 61.8 Å². The summed E-state index contributed by atoms with van der Waals surface area (Å²) in [7, 11) is 0. The van der Waals surface area contributed by atoms with Gasteiger partial charge in [0.2, 0.25) is 0 Å². The number of benzene rings is 4. The first-order valence-electron chi connectivity index (χ1n) is 16.2. The van der Waals surface area contributed by atoms with Gasteiger partial charge in [-0.25, -0.2) is 0 Å². The van der Waals surface area contributed by atoms with E-state index in [9.17, 15) is 9.59 Å². The van der Waals surface area contributed by atoms with Crippen LogP contribution in [0, 0.1) is 5.41 Å². The number of hydrogen-bond acceptors (Lipinski definition) is 5. The molecule has 1 fully saturated rings. The molecule has 1 aliphatic carbocycles. The van der Waals surface area contributed by atoms with Crippen LogP contribution in [0.5, 0.6) is 0 Å². The summed E-state index contributed by atoms with van der Waals surface area (Å²) in [5.74, 6) is -0.321. The molecule has 5 heteroatoms. The minimum absolute atomic E-state index is 0.116. The summed E-state index contributed by atoms with van der Waals surface area (Å²) < 4.78 is 16.7. The van der Waals surface area contributed by atoms with E-state index < -0.39 is 0 Å². The molecule has 4 aromatic rings. The fourth-order valence-corrected chi connectivity index (χ4v) is 7.62. The molecule has 0 aromatic heterocycles. The lowest BCUT2D eigenvalue weighted by molar-refractivity contribution is -0.144. The molecule has 0 spiro atoms. The molecule has 1 aliphatic heterocycles. The van der Waals surface area contributed by atoms with Crippen molar-refractivity contribution in [3.05, 3.63) is 119 Å². The van der Waals surface area contributed by atoms with Gasteiger partial charge in [0, 0.05) is 23.7 Å². The smallest absolute Gasteiger partial charge is 0.306 e. The van der Waals surface area contributed by atoms with Gasteiger partial charge < -0.3 is 14.2 Å². The molecule has 4 aromatic carbocycles. The van der Waals surface area contributed by atoms with Gasteiger partial charge >= 0.3 is 11.9 Å². The Balaban J connectivity index is 1.37. The SMILES string of the molecule is CCOC(=O)CCc1ccccc1-c1ccccc1CC1(CC2(CCC(=O)OCC)c3ccccc3-c3ccccc32)COC1. The predicted octanol–water partition coefficient (Wildman–Crippen LogP) is 8.11. The maximum Gasteiger partial charge on any atom is 0.306 e. The molecule has 1 heterocycles. The lowest BCUT2D eigenvalue weighted by Gasteiger charge is -2.48. The maximum absolute atomic E-state index is 12.8. The van der Waals surface area contributed by atoms with Crippen LogP contribution in [0.3, 0.4) is 0 Å². The number of ether oxygens (including phenoxy) is 3. The Morgan fingerprint density at radius 2 is 1.13 bits per heavy atom. The summed E-state index contributed by atoms with van der Waals surface area (Å²) in [5.41, 5.74) is 9.39. The first-order valence-corrected chi connectivity index (χ1v) is 16.2. The monoisotopic (exact) mass is 602 g/mol. The Bertz CT molecular complexity index is 1620. The van der Waals surface area contributed by atoms with Crippen LogP contribution < -0.4 is 0 Å². The van der Waals surface area contributed by atoms with Gasteiger partial charge in [0.25, 0.3) is 0 Å². The highest BCUT2D eigenvalue weighted by Gasteiger charge is 2.51.